The van der Waals surface area contributed by atoms with E-state index in [0.29, 0.717) is 25.9 Å². The fraction of sp³-hybridized carbons (Fsp3) is 0.667. The highest BCUT2D eigenvalue weighted by atomic mass is 32.2. The zero-order valence-electron chi connectivity index (χ0n) is 15.6. The van der Waals surface area contributed by atoms with Crippen LogP contribution in [-0.2, 0) is 21.9 Å². The predicted octanol–water partition coefficient (Wildman–Crippen LogP) is 1.72. The zero-order valence-corrected chi connectivity index (χ0v) is 16.4. The van der Waals surface area contributed by atoms with Crippen molar-refractivity contribution in [3.8, 4) is 0 Å². The minimum Gasteiger partial charge on any atom is -0.481 e. The van der Waals surface area contributed by atoms with E-state index in [4.69, 9.17) is 0 Å². The molecule has 0 atom stereocenters. The normalized spacial score (nSPS) is 20.5. The van der Waals surface area contributed by atoms with Gasteiger partial charge in [0.05, 0.1) is 12.0 Å². The summed E-state index contributed by atoms with van der Waals surface area (Å²) >= 11 is 0. The number of rotatable bonds is 6. The van der Waals surface area contributed by atoms with Gasteiger partial charge in [0, 0.05) is 26.3 Å². The average molecular weight is 397 g/mol. The Hall–Kier alpha value is -1.87. The van der Waals surface area contributed by atoms with Crippen LogP contribution in [0.5, 0.6) is 0 Å². The van der Waals surface area contributed by atoms with Gasteiger partial charge in [-0.15, -0.1) is 0 Å². The van der Waals surface area contributed by atoms with Crippen LogP contribution in [0.25, 0.3) is 0 Å². The second kappa shape index (κ2) is 7.63. The summed E-state index contributed by atoms with van der Waals surface area (Å²) < 4.78 is 28.6. The number of carbonyl (C=O) groups is 2. The Morgan fingerprint density at radius 2 is 1.78 bits per heavy atom. The highest BCUT2D eigenvalue weighted by molar-refractivity contribution is 7.89. The van der Waals surface area contributed by atoms with Gasteiger partial charge in [-0.25, -0.2) is 8.42 Å². The van der Waals surface area contributed by atoms with Gasteiger partial charge in [0.15, 0.2) is 0 Å². The van der Waals surface area contributed by atoms with Crippen LogP contribution in [0.1, 0.15) is 61.9 Å². The SMILES string of the molecule is Cn1cc(S(=O)(=O)N2CCCCC2)cc1C(=O)NC1(CC(=O)O)CCCC1. The largest absolute Gasteiger partial charge is 0.481 e. The molecule has 9 heteroatoms. The first kappa shape index (κ1) is 19.9. The topological polar surface area (TPSA) is 109 Å². The molecule has 0 bridgehead atoms. The highest BCUT2D eigenvalue weighted by Gasteiger charge is 2.38. The molecule has 2 N–H and O–H groups in total. The Kier molecular flexibility index (Phi) is 5.62. The Morgan fingerprint density at radius 3 is 2.37 bits per heavy atom. The third-order valence-corrected chi connectivity index (χ3v) is 7.46. The maximum absolute atomic E-state index is 12.8. The van der Waals surface area contributed by atoms with Crippen molar-refractivity contribution < 1.29 is 23.1 Å². The van der Waals surface area contributed by atoms with Gasteiger partial charge < -0.3 is 15.0 Å². The summed E-state index contributed by atoms with van der Waals surface area (Å²) in [5, 5.41) is 12.1. The molecule has 1 saturated carbocycles. The number of nitrogens with zero attached hydrogens (tertiary/aromatic N) is 2. The van der Waals surface area contributed by atoms with Gasteiger partial charge >= 0.3 is 5.97 Å². The van der Waals surface area contributed by atoms with Crippen LogP contribution in [-0.4, -0.2) is 52.9 Å². The number of carbonyl (C=O) groups excluding carboxylic acids is 1. The van der Waals surface area contributed by atoms with Gasteiger partial charge in [-0.2, -0.15) is 4.31 Å². The lowest BCUT2D eigenvalue weighted by Gasteiger charge is -2.28. The molecule has 2 heterocycles. The van der Waals surface area contributed by atoms with E-state index < -0.39 is 27.4 Å². The van der Waals surface area contributed by atoms with Crippen molar-refractivity contribution in [2.45, 2.75) is 61.8 Å². The first-order chi connectivity index (χ1) is 12.7. The number of hydrogen-bond acceptors (Lipinski definition) is 4. The molecule has 2 aliphatic rings. The summed E-state index contributed by atoms with van der Waals surface area (Å²) in [6.45, 7) is 1.00. The van der Waals surface area contributed by atoms with Gasteiger partial charge in [-0.1, -0.05) is 19.3 Å². The van der Waals surface area contributed by atoms with Gasteiger partial charge in [0.25, 0.3) is 5.91 Å². The number of amides is 1. The maximum Gasteiger partial charge on any atom is 0.305 e. The Bertz CT molecular complexity index is 818. The molecule has 1 aromatic rings. The summed E-state index contributed by atoms with van der Waals surface area (Å²) in [5.41, 5.74) is -0.527. The van der Waals surface area contributed by atoms with Crippen molar-refractivity contribution in [3.05, 3.63) is 18.0 Å². The van der Waals surface area contributed by atoms with E-state index in [9.17, 15) is 23.1 Å². The van der Waals surface area contributed by atoms with Gasteiger partial charge in [0.1, 0.15) is 10.6 Å². The fourth-order valence-electron chi connectivity index (χ4n) is 4.15. The smallest absolute Gasteiger partial charge is 0.305 e. The molecule has 27 heavy (non-hydrogen) atoms. The van der Waals surface area contributed by atoms with Crippen molar-refractivity contribution in [1.82, 2.24) is 14.2 Å². The van der Waals surface area contributed by atoms with Crippen molar-refractivity contribution >= 4 is 21.9 Å². The lowest BCUT2D eigenvalue weighted by Crippen LogP contribution is -2.48. The van der Waals surface area contributed by atoms with Crippen LogP contribution in [0.2, 0.25) is 0 Å². The molecule has 1 aliphatic heterocycles. The molecule has 0 spiro atoms. The molecular weight excluding hydrogens is 370 g/mol. The van der Waals surface area contributed by atoms with E-state index in [1.807, 2.05) is 0 Å². The molecular formula is C18H27N3O5S. The molecule has 1 amide bonds. The van der Waals surface area contributed by atoms with Crippen LogP contribution in [0, 0.1) is 0 Å². The van der Waals surface area contributed by atoms with E-state index in [-0.39, 0.29) is 17.0 Å². The number of sulfonamides is 1. The molecule has 2 fully saturated rings. The maximum atomic E-state index is 12.8. The molecule has 3 rings (SSSR count). The minimum atomic E-state index is -3.62. The lowest BCUT2D eigenvalue weighted by atomic mass is 9.93. The van der Waals surface area contributed by atoms with E-state index in [0.717, 1.165) is 32.1 Å². The van der Waals surface area contributed by atoms with E-state index >= 15 is 0 Å². The van der Waals surface area contributed by atoms with E-state index in [1.165, 1.54) is 21.1 Å². The zero-order chi connectivity index (χ0) is 19.7. The first-order valence-electron chi connectivity index (χ1n) is 9.44. The predicted molar refractivity (Wildman–Crippen MR) is 98.9 cm³/mol. The Balaban J connectivity index is 1.81. The number of carboxylic acid groups (broad SMARTS) is 1. The van der Waals surface area contributed by atoms with E-state index in [1.54, 1.807) is 7.05 Å². The average Bonchev–Trinajstić information content (AvgIpc) is 3.22. The molecule has 1 saturated heterocycles. The van der Waals surface area contributed by atoms with Gasteiger partial charge in [0.2, 0.25) is 10.0 Å². The second-order valence-electron chi connectivity index (χ2n) is 7.65. The number of piperidine rings is 1. The van der Waals surface area contributed by atoms with E-state index in [2.05, 4.69) is 5.32 Å². The molecule has 0 radical (unpaired) electrons. The number of aromatic nitrogens is 1. The first-order valence-corrected chi connectivity index (χ1v) is 10.9. The summed E-state index contributed by atoms with van der Waals surface area (Å²) in [5.74, 6) is -1.38. The number of carboxylic acids is 1. The summed E-state index contributed by atoms with van der Waals surface area (Å²) in [4.78, 5) is 24.1. The fourth-order valence-corrected chi connectivity index (χ4v) is 5.74. The van der Waals surface area contributed by atoms with Crippen molar-refractivity contribution in [1.29, 1.82) is 0 Å². The standard InChI is InChI=1S/C18H27N3O5S/c1-20-13-14(27(25,26)21-9-5-2-6-10-21)11-15(20)17(24)19-18(12-16(22)23)7-3-4-8-18/h11,13H,2-10,12H2,1H3,(H,19,24)(H,22,23). The van der Waals surface area contributed by atoms with Crippen molar-refractivity contribution in [2.75, 3.05) is 13.1 Å². The van der Waals surface area contributed by atoms with Crippen LogP contribution < -0.4 is 5.32 Å². The molecule has 1 aliphatic carbocycles. The molecule has 0 aromatic carbocycles. The third kappa shape index (κ3) is 4.19. The minimum absolute atomic E-state index is 0.107. The van der Waals surface area contributed by atoms with Crippen LogP contribution >= 0.6 is 0 Å². The summed E-state index contributed by atoms with van der Waals surface area (Å²) in [7, 11) is -1.99. The molecule has 1 aromatic heterocycles. The van der Waals surface area contributed by atoms with Crippen LogP contribution in [0.15, 0.2) is 17.2 Å². The lowest BCUT2D eigenvalue weighted by molar-refractivity contribution is -0.138. The third-order valence-electron chi connectivity index (χ3n) is 5.59. The number of aryl methyl sites for hydroxylation is 1. The number of aliphatic carboxylic acids is 1. The Labute approximate surface area is 159 Å². The molecule has 8 nitrogen and oxygen atoms in total. The summed E-state index contributed by atoms with van der Waals surface area (Å²) in [6, 6.07) is 1.39. The van der Waals surface area contributed by atoms with Crippen molar-refractivity contribution in [2.24, 2.45) is 7.05 Å². The number of hydrogen-bond donors (Lipinski definition) is 2. The van der Waals surface area contributed by atoms with Crippen LogP contribution in [0.3, 0.4) is 0 Å². The van der Waals surface area contributed by atoms with Gasteiger partial charge in [-0.3, -0.25) is 9.59 Å². The highest BCUT2D eigenvalue weighted by Crippen LogP contribution is 2.33. The quantitative estimate of drug-likeness (QED) is 0.760. The monoisotopic (exact) mass is 397 g/mol. The van der Waals surface area contributed by atoms with Gasteiger partial charge in [-0.05, 0) is 31.7 Å². The number of nitrogens with one attached hydrogen (secondary N) is 1. The van der Waals surface area contributed by atoms with Crippen LogP contribution in [0.4, 0.5) is 0 Å². The molecule has 0 unspecified atom stereocenters. The Morgan fingerprint density at radius 1 is 1.15 bits per heavy atom. The molecule has 150 valence electrons. The summed E-state index contributed by atoms with van der Waals surface area (Å²) in [6.07, 6.45) is 7.03. The van der Waals surface area contributed by atoms with Crippen molar-refractivity contribution in [3.63, 3.8) is 0 Å². The second-order valence-corrected chi connectivity index (χ2v) is 9.59.